The minimum absolute atomic E-state index is 0.339. The second-order valence-electron chi connectivity index (χ2n) is 4.64. The molecule has 1 fully saturated rings. The van der Waals surface area contributed by atoms with Gasteiger partial charge in [-0.25, -0.2) is 0 Å². The topological polar surface area (TPSA) is 42.1 Å². The van der Waals surface area contributed by atoms with Crippen LogP contribution in [0.1, 0.15) is 37.3 Å². The fraction of sp³-hybridized carbons (Fsp3) is 0.615. The highest BCUT2D eigenvalue weighted by molar-refractivity contribution is 5.15. The Kier molecular flexibility index (Phi) is 3.91. The molecule has 2 N–H and O–H groups in total. The number of aromatic nitrogens is 1. The van der Waals surface area contributed by atoms with Gasteiger partial charge in [0.1, 0.15) is 0 Å². The summed E-state index contributed by atoms with van der Waals surface area (Å²) in [4.78, 5) is 6.51. The molecule has 0 bridgehead atoms. The van der Waals surface area contributed by atoms with E-state index in [1.54, 1.807) is 0 Å². The summed E-state index contributed by atoms with van der Waals surface area (Å²) in [6, 6.07) is 5.19. The Bertz CT molecular complexity index is 306. The molecule has 1 aromatic heterocycles. The van der Waals surface area contributed by atoms with Crippen LogP contribution < -0.4 is 5.73 Å². The maximum atomic E-state index is 5.91. The molecule has 0 aromatic carbocycles. The third-order valence-electron chi connectivity index (χ3n) is 3.71. The molecule has 3 heteroatoms. The van der Waals surface area contributed by atoms with E-state index in [0.29, 0.717) is 18.6 Å². The van der Waals surface area contributed by atoms with Gasteiger partial charge in [-0.15, -0.1) is 0 Å². The lowest BCUT2D eigenvalue weighted by molar-refractivity contribution is 0.179. The lowest BCUT2D eigenvalue weighted by atomic mass is 10.0. The molecule has 1 aliphatic rings. The molecule has 88 valence electrons. The van der Waals surface area contributed by atoms with Crippen LogP contribution in [0.4, 0.5) is 0 Å². The van der Waals surface area contributed by atoms with Gasteiger partial charge in [0.05, 0.1) is 0 Å². The summed E-state index contributed by atoms with van der Waals surface area (Å²) < 4.78 is 0. The first-order valence-electron chi connectivity index (χ1n) is 6.15. The number of likely N-dealkylation sites (N-methyl/N-ethyl adjacent to an activating group) is 1. The predicted molar refractivity (Wildman–Crippen MR) is 66.1 cm³/mol. The molecule has 0 radical (unpaired) electrons. The minimum atomic E-state index is 0.339. The maximum Gasteiger partial charge on any atom is 0.0471 e. The predicted octanol–water partition coefficient (Wildman–Crippen LogP) is 1.96. The monoisotopic (exact) mass is 219 g/mol. The number of hydrogen-bond acceptors (Lipinski definition) is 3. The fourth-order valence-electron chi connectivity index (χ4n) is 2.69. The van der Waals surface area contributed by atoms with Gasteiger partial charge in [-0.1, -0.05) is 12.8 Å². The molecule has 0 amide bonds. The van der Waals surface area contributed by atoms with E-state index in [1.807, 2.05) is 12.4 Å². The van der Waals surface area contributed by atoms with Gasteiger partial charge in [0.2, 0.25) is 0 Å². The van der Waals surface area contributed by atoms with Crippen molar-refractivity contribution in [1.29, 1.82) is 0 Å². The van der Waals surface area contributed by atoms with Crippen molar-refractivity contribution in [3.05, 3.63) is 30.1 Å². The van der Waals surface area contributed by atoms with Crippen molar-refractivity contribution >= 4 is 0 Å². The fourth-order valence-corrected chi connectivity index (χ4v) is 2.69. The first kappa shape index (κ1) is 11.6. The lowest BCUT2D eigenvalue weighted by Crippen LogP contribution is -2.37. The van der Waals surface area contributed by atoms with Gasteiger partial charge in [-0.2, -0.15) is 0 Å². The molecule has 0 saturated heterocycles. The highest BCUT2D eigenvalue weighted by atomic mass is 15.2. The third kappa shape index (κ3) is 2.42. The van der Waals surface area contributed by atoms with E-state index in [2.05, 4.69) is 29.1 Å². The number of pyridine rings is 1. The number of hydrogen-bond donors (Lipinski definition) is 1. The van der Waals surface area contributed by atoms with Crippen molar-refractivity contribution in [2.75, 3.05) is 13.6 Å². The highest BCUT2D eigenvalue weighted by Crippen LogP contribution is 2.28. The van der Waals surface area contributed by atoms with Crippen molar-refractivity contribution in [2.24, 2.45) is 5.73 Å². The maximum absolute atomic E-state index is 5.91. The summed E-state index contributed by atoms with van der Waals surface area (Å²) in [5.41, 5.74) is 7.20. The van der Waals surface area contributed by atoms with E-state index in [1.165, 1.54) is 31.2 Å². The van der Waals surface area contributed by atoms with Crippen LogP contribution >= 0.6 is 0 Å². The van der Waals surface area contributed by atoms with E-state index >= 15 is 0 Å². The van der Waals surface area contributed by atoms with Crippen molar-refractivity contribution in [3.63, 3.8) is 0 Å². The smallest absolute Gasteiger partial charge is 0.0471 e. The van der Waals surface area contributed by atoms with Crippen LogP contribution in [0.3, 0.4) is 0 Å². The van der Waals surface area contributed by atoms with E-state index in [0.717, 1.165) is 0 Å². The Balaban J connectivity index is 2.09. The lowest BCUT2D eigenvalue weighted by Gasteiger charge is -2.32. The van der Waals surface area contributed by atoms with Gasteiger partial charge in [0.15, 0.2) is 0 Å². The quantitative estimate of drug-likeness (QED) is 0.841. The highest BCUT2D eigenvalue weighted by Gasteiger charge is 2.25. The summed E-state index contributed by atoms with van der Waals surface area (Å²) in [6.07, 6.45) is 9.06. The van der Waals surface area contributed by atoms with Crippen molar-refractivity contribution < 1.29 is 0 Å². The van der Waals surface area contributed by atoms with E-state index in [4.69, 9.17) is 5.73 Å². The average Bonchev–Trinajstić information content (AvgIpc) is 2.85. The number of rotatable bonds is 4. The first-order valence-corrected chi connectivity index (χ1v) is 6.15. The molecule has 0 spiro atoms. The summed E-state index contributed by atoms with van der Waals surface area (Å²) in [5, 5.41) is 0. The SMILES string of the molecule is CN(C1CCCC1)C(CN)c1ccncc1. The second kappa shape index (κ2) is 5.41. The van der Waals surface area contributed by atoms with E-state index in [-0.39, 0.29) is 0 Å². The van der Waals surface area contributed by atoms with Gasteiger partial charge in [-0.3, -0.25) is 9.88 Å². The molecular weight excluding hydrogens is 198 g/mol. The van der Waals surface area contributed by atoms with Crippen LogP contribution in [0.2, 0.25) is 0 Å². The van der Waals surface area contributed by atoms with Gasteiger partial charge in [0, 0.05) is 31.0 Å². The van der Waals surface area contributed by atoms with Crippen molar-refractivity contribution in [2.45, 2.75) is 37.8 Å². The van der Waals surface area contributed by atoms with Gasteiger partial charge in [-0.05, 0) is 37.6 Å². The summed E-state index contributed by atoms with van der Waals surface area (Å²) in [6.45, 7) is 0.678. The Morgan fingerprint density at radius 2 is 2.00 bits per heavy atom. The zero-order valence-corrected chi connectivity index (χ0v) is 9.97. The molecule has 1 atom stereocenters. The van der Waals surface area contributed by atoms with Crippen molar-refractivity contribution in [3.8, 4) is 0 Å². The third-order valence-corrected chi connectivity index (χ3v) is 3.71. The Hall–Kier alpha value is -0.930. The molecule has 1 heterocycles. The Morgan fingerprint density at radius 3 is 2.56 bits per heavy atom. The summed E-state index contributed by atoms with van der Waals surface area (Å²) >= 11 is 0. The van der Waals surface area contributed by atoms with Crippen LogP contribution in [-0.4, -0.2) is 29.5 Å². The molecule has 3 nitrogen and oxygen atoms in total. The number of nitrogens with two attached hydrogens (primary N) is 1. The molecule has 16 heavy (non-hydrogen) atoms. The summed E-state index contributed by atoms with van der Waals surface area (Å²) in [5.74, 6) is 0. The molecule has 1 unspecified atom stereocenters. The minimum Gasteiger partial charge on any atom is -0.329 e. The molecular formula is C13H21N3. The van der Waals surface area contributed by atoms with Crippen LogP contribution in [0.5, 0.6) is 0 Å². The van der Waals surface area contributed by atoms with E-state index in [9.17, 15) is 0 Å². The van der Waals surface area contributed by atoms with Crippen LogP contribution in [0, 0.1) is 0 Å². The standard InChI is InChI=1S/C13H21N3/c1-16(12-4-2-3-5-12)13(10-14)11-6-8-15-9-7-11/h6-9,12-13H,2-5,10,14H2,1H3. The average molecular weight is 219 g/mol. The molecule has 1 aliphatic carbocycles. The molecule has 0 aliphatic heterocycles. The van der Waals surface area contributed by atoms with Crippen molar-refractivity contribution in [1.82, 2.24) is 9.88 Å². The zero-order chi connectivity index (χ0) is 11.4. The van der Waals surface area contributed by atoms with Gasteiger partial charge >= 0.3 is 0 Å². The second-order valence-corrected chi connectivity index (χ2v) is 4.64. The summed E-state index contributed by atoms with van der Waals surface area (Å²) in [7, 11) is 2.20. The Morgan fingerprint density at radius 1 is 1.38 bits per heavy atom. The Labute approximate surface area is 97.7 Å². The zero-order valence-electron chi connectivity index (χ0n) is 9.97. The van der Waals surface area contributed by atoms with E-state index < -0.39 is 0 Å². The van der Waals surface area contributed by atoms with Crippen LogP contribution in [0.25, 0.3) is 0 Å². The van der Waals surface area contributed by atoms with Crippen LogP contribution in [0.15, 0.2) is 24.5 Å². The van der Waals surface area contributed by atoms with Crippen LogP contribution in [-0.2, 0) is 0 Å². The molecule has 1 saturated carbocycles. The van der Waals surface area contributed by atoms with Gasteiger partial charge < -0.3 is 5.73 Å². The molecule has 1 aromatic rings. The molecule has 2 rings (SSSR count). The largest absolute Gasteiger partial charge is 0.329 e. The normalized spacial score (nSPS) is 19.2. The first-order chi connectivity index (χ1) is 7.83. The van der Waals surface area contributed by atoms with Gasteiger partial charge in [0.25, 0.3) is 0 Å². The number of nitrogens with zero attached hydrogens (tertiary/aromatic N) is 2.